The van der Waals surface area contributed by atoms with E-state index in [1.54, 1.807) is 24.3 Å². The third-order valence-corrected chi connectivity index (χ3v) is 9.25. The molecule has 8 aromatic rings. The molecule has 6 N–H and O–H groups in total. The van der Waals surface area contributed by atoms with Gasteiger partial charge in [-0.25, -0.2) is 29.9 Å². The number of hydrogen-bond acceptors (Lipinski definition) is 12. The Bertz CT molecular complexity index is 2640. The summed E-state index contributed by atoms with van der Waals surface area (Å²) in [4.78, 5) is 27.5. The van der Waals surface area contributed by atoms with E-state index >= 15 is 0 Å². The summed E-state index contributed by atoms with van der Waals surface area (Å²) in [6.07, 6.45) is 3.00. The molecule has 0 aliphatic heterocycles. The van der Waals surface area contributed by atoms with Crippen molar-refractivity contribution >= 4 is 56.5 Å². The van der Waals surface area contributed by atoms with Crippen molar-refractivity contribution in [3.8, 4) is 34.8 Å². The van der Waals surface area contributed by atoms with Crippen LogP contribution in [-0.2, 0) is 0 Å². The zero-order valence-corrected chi connectivity index (χ0v) is 32.4. The van der Waals surface area contributed by atoms with Gasteiger partial charge in [-0.2, -0.15) is 0 Å². The number of nitrogens with one attached hydrogen (secondary N) is 2. The molecule has 0 saturated carbocycles. The van der Waals surface area contributed by atoms with Crippen molar-refractivity contribution in [2.24, 2.45) is 0 Å². The average molecular weight is 765 g/mol. The molecule has 0 unspecified atom stereocenters. The molecule has 0 atom stereocenters. The van der Waals surface area contributed by atoms with Gasteiger partial charge in [-0.05, 0) is 121 Å². The van der Waals surface area contributed by atoms with Crippen LogP contribution in [0.5, 0.6) is 23.0 Å². The van der Waals surface area contributed by atoms with Crippen molar-refractivity contribution in [1.82, 2.24) is 29.9 Å². The number of anilines is 6. The molecule has 12 heteroatoms. The van der Waals surface area contributed by atoms with Crippen LogP contribution >= 0.6 is 0 Å². The van der Waals surface area contributed by atoms with Crippen LogP contribution in [0.4, 0.5) is 34.4 Å². The normalized spacial score (nSPS) is 11.1. The summed E-state index contributed by atoms with van der Waals surface area (Å²) in [6, 6.07) is 33.8. The Balaban J connectivity index is 1.15. The monoisotopic (exact) mass is 764 g/mol. The number of nitrogens with zero attached hydrogens (tertiary/aromatic N) is 6. The van der Waals surface area contributed by atoms with Gasteiger partial charge in [0, 0.05) is 33.9 Å². The number of pyridine rings is 2. The highest BCUT2D eigenvalue weighted by Gasteiger charge is 2.15. The Morgan fingerprint density at radius 3 is 1.31 bits per heavy atom. The van der Waals surface area contributed by atoms with Gasteiger partial charge >= 0.3 is 0 Å². The molecule has 0 saturated heterocycles. The first kappa shape index (κ1) is 37.2. The molecule has 4 heterocycles. The Kier molecular flexibility index (Phi) is 10.3. The Morgan fingerprint density at radius 1 is 0.500 bits per heavy atom. The van der Waals surface area contributed by atoms with Crippen molar-refractivity contribution in [2.45, 2.75) is 39.5 Å². The molecule has 286 valence electrons. The van der Waals surface area contributed by atoms with Gasteiger partial charge in [0.25, 0.3) is 0 Å². The van der Waals surface area contributed by atoms with Crippen molar-refractivity contribution in [1.29, 1.82) is 0 Å². The summed E-state index contributed by atoms with van der Waals surface area (Å²) >= 11 is 0. The third kappa shape index (κ3) is 8.39. The number of hydrogen-bond donors (Lipinski definition) is 4. The van der Waals surface area contributed by atoms with E-state index in [1.165, 1.54) is 12.7 Å². The van der Waals surface area contributed by atoms with E-state index < -0.39 is 0 Å². The molecule has 0 aliphatic carbocycles. The van der Waals surface area contributed by atoms with Crippen LogP contribution in [0.25, 0.3) is 22.1 Å². The zero-order chi connectivity index (χ0) is 40.2. The first-order valence-corrected chi connectivity index (χ1v) is 18.8. The van der Waals surface area contributed by atoms with E-state index in [9.17, 15) is 0 Å². The second-order valence-corrected chi connectivity index (χ2v) is 14.2. The number of ether oxygens (including phenoxy) is 2. The molecular weight excluding hydrogens is 725 g/mol. The van der Waals surface area contributed by atoms with Gasteiger partial charge in [-0.3, -0.25) is 0 Å². The molecule has 0 amide bonds. The minimum Gasteiger partial charge on any atom is -0.455 e. The zero-order valence-electron chi connectivity index (χ0n) is 32.4. The van der Waals surface area contributed by atoms with E-state index in [0.717, 1.165) is 33.3 Å². The van der Waals surface area contributed by atoms with E-state index in [1.807, 2.05) is 84.9 Å². The predicted molar refractivity (Wildman–Crippen MR) is 230 cm³/mol. The smallest absolute Gasteiger partial charge is 0.164 e. The van der Waals surface area contributed by atoms with Crippen molar-refractivity contribution in [2.75, 3.05) is 22.1 Å². The lowest BCUT2D eigenvalue weighted by atomic mass is 10.1. The number of nitrogens with two attached hydrogens (primary N) is 2. The maximum Gasteiger partial charge on any atom is 0.164 e. The molecule has 4 aromatic carbocycles. The van der Waals surface area contributed by atoms with Crippen LogP contribution in [0.1, 0.15) is 62.0 Å². The second kappa shape index (κ2) is 16.1. The maximum absolute atomic E-state index is 6.34. The van der Waals surface area contributed by atoms with Crippen LogP contribution in [0.2, 0.25) is 0 Å². The summed E-state index contributed by atoms with van der Waals surface area (Å²) < 4.78 is 12.7. The fourth-order valence-electron chi connectivity index (χ4n) is 6.07. The molecule has 0 spiro atoms. The highest BCUT2D eigenvalue weighted by Crippen LogP contribution is 2.36. The van der Waals surface area contributed by atoms with E-state index in [-0.39, 0.29) is 11.8 Å². The van der Waals surface area contributed by atoms with Crippen LogP contribution < -0.4 is 31.6 Å². The number of rotatable bonds is 10. The van der Waals surface area contributed by atoms with E-state index in [0.29, 0.717) is 68.7 Å². The molecule has 0 aliphatic rings. The minimum absolute atomic E-state index is 0.257. The molecular formula is C46H40N10O2. The van der Waals surface area contributed by atoms with Crippen LogP contribution in [0, 0.1) is 11.8 Å². The average Bonchev–Trinajstić information content (AvgIpc) is 3.23. The fraction of sp³-hybridized carbons (Fsp3) is 0.130. The molecule has 4 aromatic heterocycles. The Morgan fingerprint density at radius 2 is 0.914 bits per heavy atom. The standard InChI is InChI=1S/C46H40N10O2/c1-27(2)37-19-17-35-43(53-37)49-25-51-45(35)55-39-23-29(7-21-41(39)57-33-13-9-31(47)10-14-33)5-6-30-8-22-42(58-34-15-11-32(48)12-16-34)40(24-30)56-46-36-18-20-38(28(3)4)54-44(36)50-26-52-46/h7-28H,47-48H2,1-4H3,(H,49,51,53,55)(H,50,52,54,56). The molecule has 0 radical (unpaired) electrons. The molecule has 0 fully saturated rings. The lowest BCUT2D eigenvalue weighted by Crippen LogP contribution is -2.01. The molecule has 8 rings (SSSR count). The number of fused-ring (bicyclic) bond motifs is 2. The fourth-order valence-corrected chi connectivity index (χ4v) is 6.07. The summed E-state index contributed by atoms with van der Waals surface area (Å²) in [5, 5.41) is 8.49. The van der Waals surface area contributed by atoms with Crippen LogP contribution in [0.3, 0.4) is 0 Å². The van der Waals surface area contributed by atoms with Crippen molar-refractivity contribution in [3.05, 3.63) is 144 Å². The number of benzene rings is 4. The highest BCUT2D eigenvalue weighted by atomic mass is 16.5. The predicted octanol–water partition coefficient (Wildman–Crippen LogP) is 10.2. The van der Waals surface area contributed by atoms with Gasteiger partial charge in [-0.15, -0.1) is 0 Å². The lowest BCUT2D eigenvalue weighted by Gasteiger charge is -2.15. The van der Waals surface area contributed by atoms with Gasteiger partial charge in [0.1, 0.15) is 35.8 Å². The third-order valence-electron chi connectivity index (χ3n) is 9.25. The van der Waals surface area contributed by atoms with Gasteiger partial charge in [-0.1, -0.05) is 39.5 Å². The SMILES string of the molecule is CC(C)c1ccc2c(Nc3cc(C#Cc4ccc(Oc5ccc(N)cc5)c(Nc5ncnc6nc(C(C)C)ccc56)c4)ccc3Oc3ccc(N)cc3)ncnc2n1. The van der Waals surface area contributed by atoms with Gasteiger partial charge in [0.2, 0.25) is 0 Å². The maximum atomic E-state index is 6.34. The van der Waals surface area contributed by atoms with Crippen LogP contribution in [0.15, 0.2) is 122 Å². The number of aromatic nitrogens is 6. The van der Waals surface area contributed by atoms with Gasteiger partial charge in [0.05, 0.1) is 22.1 Å². The topological polar surface area (TPSA) is 172 Å². The highest BCUT2D eigenvalue weighted by molar-refractivity contribution is 5.90. The van der Waals surface area contributed by atoms with E-state index in [4.69, 9.17) is 30.9 Å². The number of nitrogen functional groups attached to an aromatic ring is 2. The van der Waals surface area contributed by atoms with Gasteiger partial charge < -0.3 is 31.6 Å². The molecule has 0 bridgehead atoms. The second-order valence-electron chi connectivity index (χ2n) is 14.2. The van der Waals surface area contributed by atoms with E-state index in [2.05, 4.69) is 70.1 Å². The van der Waals surface area contributed by atoms with Gasteiger partial charge in [0.15, 0.2) is 22.8 Å². The van der Waals surface area contributed by atoms with Crippen LogP contribution in [-0.4, -0.2) is 29.9 Å². The summed E-state index contributed by atoms with van der Waals surface area (Å²) in [6.45, 7) is 8.40. The Labute approximate surface area is 335 Å². The first-order chi connectivity index (χ1) is 28.1. The largest absolute Gasteiger partial charge is 0.455 e. The summed E-state index contributed by atoms with van der Waals surface area (Å²) in [5.74, 6) is 10.7. The summed E-state index contributed by atoms with van der Waals surface area (Å²) in [7, 11) is 0. The minimum atomic E-state index is 0.257. The lowest BCUT2D eigenvalue weighted by molar-refractivity contribution is 0.484. The first-order valence-electron chi connectivity index (χ1n) is 18.8. The quantitative estimate of drug-likeness (QED) is 0.0768. The Hall–Kier alpha value is -7.78. The van der Waals surface area contributed by atoms with Crippen molar-refractivity contribution < 1.29 is 9.47 Å². The van der Waals surface area contributed by atoms with Crippen molar-refractivity contribution in [3.63, 3.8) is 0 Å². The molecule has 12 nitrogen and oxygen atoms in total. The molecule has 58 heavy (non-hydrogen) atoms. The summed E-state index contributed by atoms with van der Waals surface area (Å²) in [5.41, 5.74) is 19.0.